The molecule has 162 valence electrons. The minimum atomic E-state index is -0.210. The highest BCUT2D eigenvalue weighted by Crippen LogP contribution is 2.19. The molecular formula is C25H23N3O4. The molecule has 0 unspecified atom stereocenters. The summed E-state index contributed by atoms with van der Waals surface area (Å²) in [5.74, 6) is 1.12. The van der Waals surface area contributed by atoms with Crippen molar-refractivity contribution in [3.63, 3.8) is 0 Å². The zero-order valence-corrected chi connectivity index (χ0v) is 17.9. The number of pyridine rings is 1. The Hall–Kier alpha value is -4.13. The van der Waals surface area contributed by atoms with Gasteiger partial charge in [0.2, 0.25) is 0 Å². The molecule has 0 saturated heterocycles. The second kappa shape index (κ2) is 9.34. The number of rotatable bonds is 7. The molecule has 0 aliphatic carbocycles. The average Bonchev–Trinajstić information content (AvgIpc) is 2.80. The van der Waals surface area contributed by atoms with Crippen LogP contribution in [0.2, 0.25) is 0 Å². The number of carbonyl (C=O) groups is 1. The maximum absolute atomic E-state index is 12.4. The van der Waals surface area contributed by atoms with Gasteiger partial charge < -0.3 is 14.8 Å². The average molecular weight is 429 g/mol. The molecule has 0 aliphatic heterocycles. The summed E-state index contributed by atoms with van der Waals surface area (Å²) in [5.41, 5.74) is 3.12. The van der Waals surface area contributed by atoms with E-state index in [0.717, 1.165) is 11.3 Å². The van der Waals surface area contributed by atoms with E-state index < -0.39 is 0 Å². The summed E-state index contributed by atoms with van der Waals surface area (Å²) in [7, 11) is 0. The third kappa shape index (κ3) is 4.78. The fourth-order valence-corrected chi connectivity index (χ4v) is 3.25. The van der Waals surface area contributed by atoms with Gasteiger partial charge in [-0.15, -0.1) is 0 Å². The Kier molecular flexibility index (Phi) is 6.17. The molecule has 1 amide bonds. The number of ether oxygens (including phenoxy) is 2. The van der Waals surface area contributed by atoms with Crippen molar-refractivity contribution in [2.75, 3.05) is 11.9 Å². The number of anilines is 1. The van der Waals surface area contributed by atoms with Crippen molar-refractivity contribution in [1.82, 2.24) is 9.38 Å². The number of benzene rings is 2. The molecule has 7 nitrogen and oxygen atoms in total. The maximum atomic E-state index is 12.4. The highest BCUT2D eigenvalue weighted by atomic mass is 16.5. The third-order valence-electron chi connectivity index (χ3n) is 4.87. The fraction of sp³-hybridized carbons (Fsp3) is 0.160. The molecule has 0 saturated carbocycles. The van der Waals surface area contributed by atoms with Crippen molar-refractivity contribution in [1.29, 1.82) is 0 Å². The van der Waals surface area contributed by atoms with Crippen LogP contribution in [0.15, 0.2) is 77.7 Å². The van der Waals surface area contributed by atoms with E-state index in [2.05, 4.69) is 10.3 Å². The van der Waals surface area contributed by atoms with Crippen LogP contribution in [0.3, 0.4) is 0 Å². The van der Waals surface area contributed by atoms with Gasteiger partial charge in [-0.25, -0.2) is 4.98 Å². The molecule has 0 aliphatic rings. The Bertz CT molecular complexity index is 1300. The predicted octanol–water partition coefficient (Wildman–Crippen LogP) is 4.23. The van der Waals surface area contributed by atoms with E-state index in [4.69, 9.17) is 9.47 Å². The van der Waals surface area contributed by atoms with Crippen molar-refractivity contribution < 1.29 is 14.3 Å². The Labute approximate surface area is 185 Å². The number of aryl methyl sites for hydroxylation is 1. The standard InChI is InChI=1S/C25H23N3O4/c1-3-31-21-10-6-18(7-11-21)25(30)27-19-8-12-22(13-9-19)32-16-20-15-23(29)28-14-4-5-17(2)24(28)26-20/h4-15H,3,16H2,1-2H3,(H,27,30). The smallest absolute Gasteiger partial charge is 0.258 e. The van der Waals surface area contributed by atoms with Crippen molar-refractivity contribution in [3.8, 4) is 11.5 Å². The first kappa shape index (κ1) is 21.1. The first-order valence-corrected chi connectivity index (χ1v) is 10.3. The molecular weight excluding hydrogens is 406 g/mol. The van der Waals surface area contributed by atoms with Crippen LogP contribution >= 0.6 is 0 Å². The van der Waals surface area contributed by atoms with Crippen LogP contribution in [0, 0.1) is 6.92 Å². The molecule has 4 rings (SSSR count). The Morgan fingerprint density at radius 2 is 1.69 bits per heavy atom. The normalized spacial score (nSPS) is 10.7. The number of hydrogen-bond acceptors (Lipinski definition) is 5. The zero-order chi connectivity index (χ0) is 22.5. The van der Waals surface area contributed by atoms with Gasteiger partial charge in [0.05, 0.1) is 12.3 Å². The fourth-order valence-electron chi connectivity index (χ4n) is 3.25. The number of aromatic nitrogens is 2. The molecule has 32 heavy (non-hydrogen) atoms. The van der Waals surface area contributed by atoms with E-state index >= 15 is 0 Å². The second-order valence-corrected chi connectivity index (χ2v) is 7.20. The molecule has 1 N–H and O–H groups in total. The van der Waals surface area contributed by atoms with Gasteiger partial charge in [0, 0.05) is 23.5 Å². The number of carbonyl (C=O) groups excluding carboxylic acids is 1. The maximum Gasteiger partial charge on any atom is 0.258 e. The number of nitrogens with one attached hydrogen (secondary N) is 1. The SMILES string of the molecule is CCOc1ccc(C(=O)Nc2ccc(OCc3cc(=O)n4cccc(C)c4n3)cc2)cc1. The highest BCUT2D eigenvalue weighted by Gasteiger charge is 2.08. The van der Waals surface area contributed by atoms with Crippen LogP contribution in [-0.2, 0) is 6.61 Å². The molecule has 2 heterocycles. The van der Waals surface area contributed by atoms with Gasteiger partial charge in [-0.3, -0.25) is 14.0 Å². The lowest BCUT2D eigenvalue weighted by atomic mass is 10.2. The summed E-state index contributed by atoms with van der Waals surface area (Å²) in [6.07, 6.45) is 1.70. The molecule has 0 radical (unpaired) electrons. The largest absolute Gasteiger partial charge is 0.494 e. The van der Waals surface area contributed by atoms with Crippen LogP contribution in [-0.4, -0.2) is 21.9 Å². The molecule has 0 atom stereocenters. The van der Waals surface area contributed by atoms with E-state index in [1.165, 1.54) is 10.5 Å². The number of nitrogens with zero attached hydrogens (tertiary/aromatic N) is 2. The second-order valence-electron chi connectivity index (χ2n) is 7.20. The summed E-state index contributed by atoms with van der Waals surface area (Å²) < 4.78 is 12.7. The van der Waals surface area contributed by atoms with Crippen LogP contribution in [0.4, 0.5) is 5.69 Å². The topological polar surface area (TPSA) is 81.9 Å². The highest BCUT2D eigenvalue weighted by molar-refractivity contribution is 6.04. The van der Waals surface area contributed by atoms with E-state index in [0.29, 0.717) is 34.9 Å². The van der Waals surface area contributed by atoms with Gasteiger partial charge in [0.1, 0.15) is 23.8 Å². The summed E-state index contributed by atoms with van der Waals surface area (Å²) in [5, 5.41) is 2.85. The Balaban J connectivity index is 1.39. The lowest BCUT2D eigenvalue weighted by Gasteiger charge is -2.10. The molecule has 2 aromatic heterocycles. The zero-order valence-electron chi connectivity index (χ0n) is 17.9. The minimum Gasteiger partial charge on any atom is -0.494 e. The van der Waals surface area contributed by atoms with Crippen molar-refractivity contribution in [2.24, 2.45) is 0 Å². The van der Waals surface area contributed by atoms with Gasteiger partial charge in [0.15, 0.2) is 0 Å². The van der Waals surface area contributed by atoms with E-state index in [1.54, 1.807) is 54.7 Å². The Morgan fingerprint density at radius 1 is 1.00 bits per heavy atom. The van der Waals surface area contributed by atoms with E-state index in [-0.39, 0.29) is 18.1 Å². The van der Waals surface area contributed by atoms with Crippen LogP contribution in [0.1, 0.15) is 28.5 Å². The quantitative estimate of drug-likeness (QED) is 0.475. The van der Waals surface area contributed by atoms with E-state index in [9.17, 15) is 9.59 Å². The van der Waals surface area contributed by atoms with Gasteiger partial charge in [-0.05, 0) is 74.0 Å². The van der Waals surface area contributed by atoms with E-state index in [1.807, 2.05) is 26.0 Å². The monoisotopic (exact) mass is 429 g/mol. The van der Waals surface area contributed by atoms with Crippen molar-refractivity contribution in [2.45, 2.75) is 20.5 Å². The number of hydrogen-bond donors (Lipinski definition) is 1. The van der Waals surface area contributed by atoms with Crippen LogP contribution < -0.4 is 20.3 Å². The molecule has 4 aromatic rings. The van der Waals surface area contributed by atoms with Gasteiger partial charge in [0.25, 0.3) is 11.5 Å². The van der Waals surface area contributed by atoms with Crippen LogP contribution in [0.5, 0.6) is 11.5 Å². The van der Waals surface area contributed by atoms with Gasteiger partial charge in [-0.1, -0.05) is 6.07 Å². The molecule has 7 heteroatoms. The Morgan fingerprint density at radius 3 is 2.41 bits per heavy atom. The predicted molar refractivity (Wildman–Crippen MR) is 123 cm³/mol. The van der Waals surface area contributed by atoms with Crippen molar-refractivity contribution in [3.05, 3.63) is 100 Å². The summed E-state index contributed by atoms with van der Waals surface area (Å²) in [6, 6.07) is 19.2. The van der Waals surface area contributed by atoms with Gasteiger partial charge >= 0.3 is 0 Å². The summed E-state index contributed by atoms with van der Waals surface area (Å²) in [4.78, 5) is 29.3. The lowest BCUT2D eigenvalue weighted by molar-refractivity contribution is 0.102. The van der Waals surface area contributed by atoms with Crippen molar-refractivity contribution >= 4 is 17.2 Å². The molecule has 0 spiro atoms. The molecule has 0 fully saturated rings. The lowest BCUT2D eigenvalue weighted by Crippen LogP contribution is -2.17. The number of fused-ring (bicyclic) bond motifs is 1. The molecule has 2 aromatic carbocycles. The van der Waals surface area contributed by atoms with Gasteiger partial charge in [-0.2, -0.15) is 0 Å². The summed E-state index contributed by atoms with van der Waals surface area (Å²) in [6.45, 7) is 4.56. The first-order chi connectivity index (χ1) is 15.5. The summed E-state index contributed by atoms with van der Waals surface area (Å²) >= 11 is 0. The molecule has 0 bridgehead atoms. The minimum absolute atomic E-state index is 0.148. The van der Waals surface area contributed by atoms with Crippen LogP contribution in [0.25, 0.3) is 5.65 Å². The number of amides is 1. The first-order valence-electron chi connectivity index (χ1n) is 10.3. The third-order valence-corrected chi connectivity index (χ3v) is 4.87.